The predicted octanol–water partition coefficient (Wildman–Crippen LogP) is 8.48. The average molecular weight is 692 g/mol. The van der Waals surface area contributed by atoms with Crippen molar-refractivity contribution in [2.45, 2.75) is 164 Å². The predicted molar refractivity (Wildman–Crippen MR) is 165 cm³/mol. The number of esters is 2. The van der Waals surface area contributed by atoms with Crippen molar-refractivity contribution in [3.8, 4) is 0 Å². The summed E-state index contributed by atoms with van der Waals surface area (Å²) in [7, 11) is 2.58. The fourth-order valence-corrected chi connectivity index (χ4v) is 13.1. The van der Waals surface area contributed by atoms with Gasteiger partial charge in [0.15, 0.2) is 0 Å². The number of methoxy groups -OCH3 is 2. The van der Waals surface area contributed by atoms with Gasteiger partial charge in [-0.25, -0.2) is 0 Å². The Kier molecular flexibility index (Phi) is 26.6. The zero-order valence-corrected chi connectivity index (χ0v) is 29.6. The van der Waals surface area contributed by atoms with E-state index in [0.717, 1.165) is 38.5 Å². The van der Waals surface area contributed by atoms with Crippen LogP contribution in [0.5, 0.6) is 0 Å². The molecule has 0 aromatic rings. The molecular formula is C32H60O8Sn. The number of hydrogen-bond acceptors (Lipinski definition) is 8. The normalized spacial score (nSPS) is 11.2. The molecule has 0 saturated carbocycles. The van der Waals surface area contributed by atoms with Gasteiger partial charge < -0.3 is 0 Å². The molecule has 0 saturated heterocycles. The molecule has 9 heteroatoms. The minimum absolute atomic E-state index is 0.0234. The molecule has 0 aliphatic carbocycles. The van der Waals surface area contributed by atoms with E-state index < -0.39 is 43.1 Å². The third-order valence-corrected chi connectivity index (χ3v) is 16.6. The Bertz CT molecular complexity index is 639. The Morgan fingerprint density at radius 3 is 1.00 bits per heavy atom. The Morgan fingerprint density at radius 2 is 0.707 bits per heavy atom. The second-order valence-electron chi connectivity index (χ2n) is 11.2. The first-order valence-electron chi connectivity index (χ1n) is 16.4. The van der Waals surface area contributed by atoms with Gasteiger partial charge in [-0.15, -0.1) is 0 Å². The van der Waals surface area contributed by atoms with Gasteiger partial charge in [0.1, 0.15) is 0 Å². The van der Waals surface area contributed by atoms with E-state index in [2.05, 4.69) is 13.8 Å². The monoisotopic (exact) mass is 692 g/mol. The smallest absolute Gasteiger partial charge is 0.0654 e. The van der Waals surface area contributed by atoms with Crippen LogP contribution in [0.3, 0.4) is 0 Å². The van der Waals surface area contributed by atoms with Gasteiger partial charge in [0.25, 0.3) is 0 Å². The molecule has 0 radical (unpaired) electrons. The van der Waals surface area contributed by atoms with Crippen LogP contribution in [0.25, 0.3) is 0 Å². The molecule has 0 N–H and O–H groups in total. The maximum absolute atomic E-state index is 12.9. The van der Waals surface area contributed by atoms with Crippen molar-refractivity contribution in [2.24, 2.45) is 0 Å². The molecular weight excluding hydrogens is 631 g/mol. The molecule has 41 heavy (non-hydrogen) atoms. The Balaban J connectivity index is 4.96. The third-order valence-electron chi connectivity index (χ3n) is 7.44. The average Bonchev–Trinajstić information content (AvgIpc) is 2.96. The summed E-state index contributed by atoms with van der Waals surface area (Å²) in [6, 6.07) is 0. The summed E-state index contributed by atoms with van der Waals surface area (Å²) in [5.41, 5.74) is 0. The van der Waals surface area contributed by atoms with Crippen molar-refractivity contribution in [3.63, 3.8) is 0 Å². The minimum atomic E-state index is -4.52. The molecule has 0 aliphatic rings. The molecule has 0 unspecified atom stereocenters. The first-order valence-corrected chi connectivity index (χ1v) is 22.8. The minimum Gasteiger partial charge on any atom is -0.0654 e. The van der Waals surface area contributed by atoms with Crippen LogP contribution in [-0.2, 0) is 34.8 Å². The van der Waals surface area contributed by atoms with Crippen LogP contribution in [0.1, 0.15) is 155 Å². The van der Waals surface area contributed by atoms with Gasteiger partial charge in [-0.05, 0) is 0 Å². The summed E-state index contributed by atoms with van der Waals surface area (Å²) >= 11 is -4.52. The molecule has 0 atom stereocenters. The zero-order chi connectivity index (χ0) is 30.6. The van der Waals surface area contributed by atoms with Crippen molar-refractivity contribution in [1.82, 2.24) is 0 Å². The molecule has 8 nitrogen and oxygen atoms in total. The summed E-state index contributed by atoms with van der Waals surface area (Å²) in [4.78, 5) is 49.8. The van der Waals surface area contributed by atoms with Crippen LogP contribution in [0.4, 0.5) is 0 Å². The van der Waals surface area contributed by atoms with Gasteiger partial charge in [0.05, 0.1) is 0 Å². The summed E-state index contributed by atoms with van der Waals surface area (Å²) < 4.78 is 21.8. The van der Waals surface area contributed by atoms with Gasteiger partial charge in [0, 0.05) is 0 Å². The van der Waals surface area contributed by atoms with E-state index in [9.17, 15) is 19.2 Å². The number of hydrogen-bond donors (Lipinski definition) is 0. The summed E-state index contributed by atoms with van der Waals surface area (Å²) in [5, 5.41) is 0. The Hall–Kier alpha value is -1.32. The fourth-order valence-electron chi connectivity index (χ4n) is 4.82. The van der Waals surface area contributed by atoms with Crippen LogP contribution in [0.15, 0.2) is 0 Å². The molecule has 0 fully saturated rings. The summed E-state index contributed by atoms with van der Waals surface area (Å²) in [5.74, 6) is -1.74. The number of ether oxygens (including phenoxy) is 2. The van der Waals surface area contributed by atoms with E-state index in [1.165, 1.54) is 78.4 Å². The van der Waals surface area contributed by atoms with Crippen molar-refractivity contribution in [1.29, 1.82) is 0 Å². The van der Waals surface area contributed by atoms with Crippen LogP contribution in [0, 0.1) is 0 Å². The maximum atomic E-state index is 12.9. The van der Waals surface area contributed by atoms with Gasteiger partial charge in [-0.2, -0.15) is 0 Å². The second kappa shape index (κ2) is 27.5. The van der Waals surface area contributed by atoms with Gasteiger partial charge in [0.2, 0.25) is 0 Å². The molecule has 0 aromatic heterocycles. The van der Waals surface area contributed by atoms with E-state index in [4.69, 9.17) is 15.6 Å². The van der Waals surface area contributed by atoms with Crippen LogP contribution in [-0.4, -0.2) is 57.3 Å². The third kappa shape index (κ3) is 23.9. The van der Waals surface area contributed by atoms with Gasteiger partial charge in [-0.3, -0.25) is 0 Å². The van der Waals surface area contributed by atoms with Crippen LogP contribution in [0.2, 0.25) is 8.87 Å². The number of rotatable bonds is 28. The molecule has 0 aliphatic heterocycles. The zero-order valence-electron chi connectivity index (χ0n) is 26.7. The Labute approximate surface area is 255 Å². The van der Waals surface area contributed by atoms with Crippen LogP contribution < -0.4 is 0 Å². The first-order chi connectivity index (χ1) is 19.8. The molecule has 0 spiro atoms. The first kappa shape index (κ1) is 39.7. The number of carbonyl (C=O) groups excluding carboxylic acids is 4. The van der Waals surface area contributed by atoms with Crippen molar-refractivity contribution in [3.05, 3.63) is 0 Å². The van der Waals surface area contributed by atoms with Crippen molar-refractivity contribution < 1.29 is 34.8 Å². The topological polar surface area (TPSA) is 105 Å². The molecule has 0 bridgehead atoms. The van der Waals surface area contributed by atoms with Gasteiger partial charge >= 0.3 is 242 Å². The summed E-state index contributed by atoms with van der Waals surface area (Å²) in [6.45, 7) is 4.42. The van der Waals surface area contributed by atoms with Gasteiger partial charge in [-0.1, -0.05) is 13.8 Å². The quantitative estimate of drug-likeness (QED) is 0.0457. The number of unbranched alkanes of at least 4 members (excludes halogenated alkanes) is 16. The standard InChI is InChI=1S/2C12H24O2.2C4H7O2.Sn/c2*1-2-3-4-5-6-7-8-9-10-11-12(13)14;2*1-3-4(5)6-2;/h2*2-11H2,1H3,(H,13,14);2*1,3H2,2H3;/q;;;;+2/p-2. The van der Waals surface area contributed by atoms with Crippen molar-refractivity contribution in [2.75, 3.05) is 14.2 Å². The summed E-state index contributed by atoms with van der Waals surface area (Å²) in [6.07, 6.45) is 20.8. The van der Waals surface area contributed by atoms with E-state index in [0.29, 0.717) is 12.8 Å². The van der Waals surface area contributed by atoms with E-state index in [-0.39, 0.29) is 34.6 Å². The van der Waals surface area contributed by atoms with E-state index in [1.807, 2.05) is 0 Å². The molecule has 0 heterocycles. The Morgan fingerprint density at radius 1 is 0.415 bits per heavy atom. The molecule has 240 valence electrons. The second-order valence-corrected chi connectivity index (χ2v) is 20.4. The SMILES string of the molecule is CCCCCCCCCCCC(=O)[O][Sn]([CH2]CC(=O)OC)([CH2]CC(=O)OC)[O]C(=O)CCCCCCCCCCC. The molecule has 0 amide bonds. The number of carbonyl (C=O) groups is 4. The fraction of sp³-hybridized carbons (Fsp3) is 0.875. The van der Waals surface area contributed by atoms with Crippen molar-refractivity contribution >= 4 is 43.1 Å². The van der Waals surface area contributed by atoms with E-state index >= 15 is 0 Å². The molecule has 0 rings (SSSR count). The molecule has 0 aromatic carbocycles. The van der Waals surface area contributed by atoms with Crippen LogP contribution >= 0.6 is 0 Å². The van der Waals surface area contributed by atoms with E-state index in [1.54, 1.807) is 0 Å².